The third-order valence-electron chi connectivity index (χ3n) is 3.03. The molecule has 5 heteroatoms. The fourth-order valence-electron chi connectivity index (χ4n) is 1.94. The highest BCUT2D eigenvalue weighted by Gasteiger charge is 2.11. The van der Waals surface area contributed by atoms with E-state index in [-0.39, 0.29) is 12.4 Å². The highest BCUT2D eigenvalue weighted by Crippen LogP contribution is 2.29. The zero-order chi connectivity index (χ0) is 15.4. The Morgan fingerprint density at radius 1 is 1.19 bits per heavy atom. The molecule has 0 fully saturated rings. The summed E-state index contributed by atoms with van der Waals surface area (Å²) in [6.07, 6.45) is -0.648. The number of hydrogen-bond acceptors (Lipinski definition) is 3. The SMILES string of the molecule is COc1ccc(COc2ccc(Br)cc2C(C)O)cc1F. The third kappa shape index (κ3) is 3.95. The molecule has 2 aromatic carbocycles. The summed E-state index contributed by atoms with van der Waals surface area (Å²) in [7, 11) is 1.42. The van der Waals surface area contributed by atoms with Gasteiger partial charge < -0.3 is 14.6 Å². The summed E-state index contributed by atoms with van der Waals surface area (Å²) >= 11 is 3.36. The van der Waals surface area contributed by atoms with Crippen LogP contribution in [-0.4, -0.2) is 12.2 Å². The Morgan fingerprint density at radius 3 is 2.52 bits per heavy atom. The first-order chi connectivity index (χ1) is 10.0. The zero-order valence-electron chi connectivity index (χ0n) is 11.8. The van der Waals surface area contributed by atoms with E-state index in [1.165, 1.54) is 13.2 Å². The second kappa shape index (κ2) is 6.91. The van der Waals surface area contributed by atoms with Gasteiger partial charge in [-0.05, 0) is 42.8 Å². The molecule has 0 bridgehead atoms. The van der Waals surface area contributed by atoms with Crippen LogP contribution >= 0.6 is 15.9 Å². The largest absolute Gasteiger partial charge is 0.494 e. The van der Waals surface area contributed by atoms with E-state index in [1.807, 2.05) is 6.07 Å². The summed E-state index contributed by atoms with van der Waals surface area (Å²) in [5.74, 6) is 0.349. The van der Waals surface area contributed by atoms with Crippen molar-refractivity contribution < 1.29 is 19.0 Å². The molecule has 0 saturated heterocycles. The van der Waals surface area contributed by atoms with Crippen LogP contribution in [0.4, 0.5) is 4.39 Å². The van der Waals surface area contributed by atoms with Gasteiger partial charge in [0.25, 0.3) is 0 Å². The molecule has 1 atom stereocenters. The van der Waals surface area contributed by atoms with Gasteiger partial charge >= 0.3 is 0 Å². The number of methoxy groups -OCH3 is 1. The Morgan fingerprint density at radius 2 is 1.90 bits per heavy atom. The first-order valence-electron chi connectivity index (χ1n) is 6.44. The Bertz CT molecular complexity index is 629. The van der Waals surface area contributed by atoms with Crippen LogP contribution in [-0.2, 0) is 6.61 Å². The van der Waals surface area contributed by atoms with Crippen molar-refractivity contribution >= 4 is 15.9 Å². The molecule has 0 aliphatic carbocycles. The normalized spacial score (nSPS) is 12.0. The van der Waals surface area contributed by atoms with Crippen molar-refractivity contribution in [2.75, 3.05) is 7.11 Å². The number of aliphatic hydroxyl groups excluding tert-OH is 1. The second-order valence-corrected chi connectivity index (χ2v) is 5.53. The van der Waals surface area contributed by atoms with Crippen molar-refractivity contribution in [2.24, 2.45) is 0 Å². The van der Waals surface area contributed by atoms with E-state index in [1.54, 1.807) is 31.2 Å². The van der Waals surface area contributed by atoms with Gasteiger partial charge in [0.05, 0.1) is 13.2 Å². The van der Waals surface area contributed by atoms with Gasteiger partial charge in [-0.15, -0.1) is 0 Å². The van der Waals surface area contributed by atoms with E-state index >= 15 is 0 Å². The maximum absolute atomic E-state index is 13.6. The van der Waals surface area contributed by atoms with Gasteiger partial charge in [0.2, 0.25) is 0 Å². The minimum Gasteiger partial charge on any atom is -0.494 e. The van der Waals surface area contributed by atoms with Crippen LogP contribution in [0.25, 0.3) is 0 Å². The lowest BCUT2D eigenvalue weighted by Crippen LogP contribution is -2.01. The first kappa shape index (κ1) is 15.8. The molecule has 21 heavy (non-hydrogen) atoms. The number of rotatable bonds is 5. The quantitative estimate of drug-likeness (QED) is 0.873. The average molecular weight is 355 g/mol. The molecule has 0 aliphatic rings. The van der Waals surface area contributed by atoms with Gasteiger partial charge in [0, 0.05) is 10.0 Å². The van der Waals surface area contributed by atoms with Crippen molar-refractivity contribution in [3.63, 3.8) is 0 Å². The minimum absolute atomic E-state index is 0.201. The fraction of sp³-hybridized carbons (Fsp3) is 0.250. The summed E-state index contributed by atoms with van der Waals surface area (Å²) in [4.78, 5) is 0. The summed E-state index contributed by atoms with van der Waals surface area (Å²) in [5, 5.41) is 9.76. The maximum atomic E-state index is 13.6. The van der Waals surface area contributed by atoms with Gasteiger partial charge in [-0.2, -0.15) is 0 Å². The molecule has 1 unspecified atom stereocenters. The molecule has 0 saturated carbocycles. The van der Waals surface area contributed by atoms with Crippen molar-refractivity contribution in [3.8, 4) is 11.5 Å². The van der Waals surface area contributed by atoms with Gasteiger partial charge in [0.1, 0.15) is 12.4 Å². The van der Waals surface area contributed by atoms with Crippen molar-refractivity contribution in [2.45, 2.75) is 19.6 Å². The molecule has 112 valence electrons. The van der Waals surface area contributed by atoms with E-state index in [2.05, 4.69) is 15.9 Å². The standard InChI is InChI=1S/C16H16BrFO3/c1-10(19)13-8-12(17)4-6-15(13)21-9-11-3-5-16(20-2)14(18)7-11/h3-8,10,19H,9H2,1-2H3. The lowest BCUT2D eigenvalue weighted by atomic mass is 10.1. The van der Waals surface area contributed by atoms with E-state index in [4.69, 9.17) is 9.47 Å². The topological polar surface area (TPSA) is 38.7 Å². The number of aliphatic hydroxyl groups is 1. The Balaban J connectivity index is 2.15. The van der Waals surface area contributed by atoms with E-state index in [0.717, 1.165) is 4.47 Å². The van der Waals surface area contributed by atoms with Crippen LogP contribution in [0.15, 0.2) is 40.9 Å². The number of ether oxygens (including phenoxy) is 2. The minimum atomic E-state index is -0.648. The summed E-state index contributed by atoms with van der Waals surface area (Å²) < 4.78 is 25.0. The van der Waals surface area contributed by atoms with Gasteiger partial charge in [-0.25, -0.2) is 4.39 Å². The van der Waals surface area contributed by atoms with Gasteiger partial charge in [-0.3, -0.25) is 0 Å². The van der Waals surface area contributed by atoms with Gasteiger partial charge in [-0.1, -0.05) is 22.0 Å². The molecule has 0 aromatic heterocycles. The predicted octanol–water partition coefficient (Wildman–Crippen LogP) is 4.23. The third-order valence-corrected chi connectivity index (χ3v) is 3.53. The summed E-state index contributed by atoms with van der Waals surface area (Å²) in [5.41, 5.74) is 1.37. The first-order valence-corrected chi connectivity index (χ1v) is 7.23. The molecule has 2 rings (SSSR count). The average Bonchev–Trinajstić information content (AvgIpc) is 2.46. The molecule has 0 spiro atoms. The summed E-state index contributed by atoms with van der Waals surface area (Å²) in [6.45, 7) is 1.88. The van der Waals surface area contributed by atoms with E-state index < -0.39 is 11.9 Å². The zero-order valence-corrected chi connectivity index (χ0v) is 13.4. The molecular weight excluding hydrogens is 339 g/mol. The van der Waals surface area contributed by atoms with Crippen LogP contribution in [0.1, 0.15) is 24.2 Å². The Labute approximate surface area is 131 Å². The van der Waals surface area contributed by atoms with Crippen LogP contribution in [0.2, 0.25) is 0 Å². The molecule has 0 heterocycles. The fourth-order valence-corrected chi connectivity index (χ4v) is 2.32. The molecule has 0 radical (unpaired) electrons. The van der Waals surface area contributed by atoms with Crippen molar-refractivity contribution in [3.05, 3.63) is 57.8 Å². The molecule has 3 nitrogen and oxygen atoms in total. The van der Waals surface area contributed by atoms with E-state index in [9.17, 15) is 9.50 Å². The Kier molecular flexibility index (Phi) is 5.20. The van der Waals surface area contributed by atoms with Crippen LogP contribution in [0, 0.1) is 5.82 Å². The predicted molar refractivity (Wildman–Crippen MR) is 82.1 cm³/mol. The van der Waals surface area contributed by atoms with Crippen molar-refractivity contribution in [1.82, 2.24) is 0 Å². The molecule has 2 aromatic rings. The lowest BCUT2D eigenvalue weighted by molar-refractivity contribution is 0.190. The molecular formula is C16H16BrFO3. The van der Waals surface area contributed by atoms with Crippen LogP contribution in [0.3, 0.4) is 0 Å². The van der Waals surface area contributed by atoms with Gasteiger partial charge in [0.15, 0.2) is 11.6 Å². The molecule has 1 N–H and O–H groups in total. The summed E-state index contributed by atoms with van der Waals surface area (Å²) in [6, 6.07) is 10.1. The second-order valence-electron chi connectivity index (χ2n) is 4.62. The smallest absolute Gasteiger partial charge is 0.165 e. The number of benzene rings is 2. The van der Waals surface area contributed by atoms with Crippen molar-refractivity contribution in [1.29, 1.82) is 0 Å². The Hall–Kier alpha value is -1.59. The van der Waals surface area contributed by atoms with E-state index in [0.29, 0.717) is 16.9 Å². The number of hydrogen-bond donors (Lipinski definition) is 1. The molecule has 0 aliphatic heterocycles. The highest BCUT2D eigenvalue weighted by atomic mass is 79.9. The number of halogens is 2. The highest BCUT2D eigenvalue weighted by molar-refractivity contribution is 9.10. The lowest BCUT2D eigenvalue weighted by Gasteiger charge is -2.14. The van der Waals surface area contributed by atoms with Crippen LogP contribution in [0.5, 0.6) is 11.5 Å². The molecule has 0 amide bonds. The maximum Gasteiger partial charge on any atom is 0.165 e. The monoisotopic (exact) mass is 354 g/mol. The van der Waals surface area contributed by atoms with Crippen LogP contribution < -0.4 is 9.47 Å².